The van der Waals surface area contributed by atoms with Crippen LogP contribution in [0.5, 0.6) is 0 Å². The van der Waals surface area contributed by atoms with Crippen LogP contribution >= 0.6 is 11.6 Å². The van der Waals surface area contributed by atoms with Crippen LogP contribution in [0.15, 0.2) is 17.0 Å². The lowest BCUT2D eigenvalue weighted by atomic mass is 10.2. The average Bonchev–Trinajstić information content (AvgIpc) is 2.71. The Hall–Kier alpha value is -1.11. The van der Waals surface area contributed by atoms with Crippen molar-refractivity contribution < 1.29 is 13.2 Å². The number of carbonyl (C=O) groups is 1. The molecule has 0 aromatic heterocycles. The highest BCUT2D eigenvalue weighted by atomic mass is 35.5. The van der Waals surface area contributed by atoms with Crippen molar-refractivity contribution in [3.05, 3.63) is 22.7 Å². The van der Waals surface area contributed by atoms with Gasteiger partial charge in [-0.3, -0.25) is 4.79 Å². The molecule has 0 radical (unpaired) electrons. The minimum Gasteiger partial charge on any atom is -0.325 e. The highest BCUT2D eigenvalue weighted by molar-refractivity contribution is 7.89. The molecule has 1 aliphatic rings. The minimum absolute atomic E-state index is 0.117. The summed E-state index contributed by atoms with van der Waals surface area (Å²) in [5, 5.41) is 3.00. The van der Waals surface area contributed by atoms with Crippen molar-refractivity contribution >= 4 is 33.2 Å². The van der Waals surface area contributed by atoms with Crippen LogP contribution in [0, 0.1) is 6.92 Å². The maximum atomic E-state index is 12.9. The predicted molar refractivity (Wildman–Crippen MR) is 87.7 cm³/mol. The number of benzene rings is 1. The van der Waals surface area contributed by atoms with Gasteiger partial charge in [-0.2, -0.15) is 4.31 Å². The number of rotatable bonds is 3. The quantitative estimate of drug-likeness (QED) is 0.915. The molecule has 0 saturated carbocycles. The van der Waals surface area contributed by atoms with Crippen LogP contribution in [0.3, 0.4) is 0 Å². The maximum Gasteiger partial charge on any atom is 0.245 e. The lowest BCUT2D eigenvalue weighted by Crippen LogP contribution is -2.32. The number of hydrogen-bond acceptors (Lipinski definition) is 3. The number of aryl methyl sites for hydroxylation is 1. The Morgan fingerprint density at radius 1 is 1.18 bits per heavy atom. The van der Waals surface area contributed by atoms with Gasteiger partial charge >= 0.3 is 0 Å². The summed E-state index contributed by atoms with van der Waals surface area (Å²) in [5.41, 5.74) is 0.913. The van der Waals surface area contributed by atoms with Crippen LogP contribution in [0.4, 0.5) is 5.69 Å². The third kappa shape index (κ3) is 3.80. The van der Waals surface area contributed by atoms with E-state index in [1.54, 1.807) is 6.92 Å². The molecule has 122 valence electrons. The first-order valence-corrected chi connectivity index (χ1v) is 9.22. The monoisotopic (exact) mass is 344 g/mol. The molecule has 2 rings (SSSR count). The molecule has 1 aliphatic heterocycles. The van der Waals surface area contributed by atoms with Crippen molar-refractivity contribution in [3.63, 3.8) is 0 Å². The Kier molecular flexibility index (Phi) is 5.47. The van der Waals surface area contributed by atoms with Crippen molar-refractivity contribution in [1.82, 2.24) is 4.31 Å². The van der Waals surface area contributed by atoms with Gasteiger partial charge in [-0.05, 0) is 37.5 Å². The fraction of sp³-hybridized carbons (Fsp3) is 0.533. The molecule has 7 heteroatoms. The highest BCUT2D eigenvalue weighted by Gasteiger charge is 2.28. The van der Waals surface area contributed by atoms with Crippen molar-refractivity contribution in [2.45, 2.75) is 44.4 Å². The first-order chi connectivity index (χ1) is 10.3. The third-order valence-corrected chi connectivity index (χ3v) is 6.10. The molecule has 1 saturated heterocycles. The second-order valence-corrected chi connectivity index (χ2v) is 7.91. The molecule has 0 aliphatic carbocycles. The predicted octanol–water partition coefficient (Wildman–Crippen LogP) is 3.17. The standard InChI is InChI=1S/C15H21ClN2O3S/c1-11-9-15(14(10-13(11)16)17-12(2)19)22(20,21)18-7-5-3-4-6-8-18/h9-10H,3-8H2,1-2H3,(H,17,19). The van der Waals surface area contributed by atoms with E-state index in [2.05, 4.69) is 5.32 Å². The Balaban J connectivity index is 2.48. The second-order valence-electron chi connectivity index (χ2n) is 5.60. The normalized spacial score (nSPS) is 17.0. The van der Waals surface area contributed by atoms with Gasteiger partial charge in [-0.15, -0.1) is 0 Å². The van der Waals surface area contributed by atoms with E-state index in [0.717, 1.165) is 25.7 Å². The summed E-state index contributed by atoms with van der Waals surface area (Å²) in [6.07, 6.45) is 3.82. The molecule has 1 amide bonds. The van der Waals surface area contributed by atoms with Crippen LogP contribution in [0.25, 0.3) is 0 Å². The molecule has 5 nitrogen and oxygen atoms in total. The average molecular weight is 345 g/mol. The largest absolute Gasteiger partial charge is 0.325 e. The van der Waals surface area contributed by atoms with Gasteiger partial charge in [0.1, 0.15) is 4.90 Å². The van der Waals surface area contributed by atoms with Gasteiger partial charge in [0.25, 0.3) is 0 Å². The number of nitrogens with zero attached hydrogens (tertiary/aromatic N) is 1. The van der Waals surface area contributed by atoms with E-state index >= 15 is 0 Å². The lowest BCUT2D eigenvalue weighted by molar-refractivity contribution is -0.114. The fourth-order valence-electron chi connectivity index (χ4n) is 2.58. The van der Waals surface area contributed by atoms with E-state index < -0.39 is 10.0 Å². The summed E-state index contributed by atoms with van der Waals surface area (Å²) < 4.78 is 27.4. The molecule has 1 fully saturated rings. The molecule has 0 atom stereocenters. The topological polar surface area (TPSA) is 66.5 Å². The summed E-state index contributed by atoms with van der Waals surface area (Å²) in [6.45, 7) is 4.13. The van der Waals surface area contributed by atoms with Crippen molar-refractivity contribution in [1.29, 1.82) is 0 Å². The molecule has 1 N–H and O–H groups in total. The molecule has 1 aromatic carbocycles. The number of hydrogen-bond donors (Lipinski definition) is 1. The van der Waals surface area contributed by atoms with Gasteiger partial charge in [0, 0.05) is 25.0 Å². The highest BCUT2D eigenvalue weighted by Crippen LogP contribution is 2.31. The van der Waals surface area contributed by atoms with Crippen LogP contribution in [-0.4, -0.2) is 31.7 Å². The Bertz CT molecular complexity index is 666. The molecule has 1 aromatic rings. The van der Waals surface area contributed by atoms with Gasteiger partial charge in [0.2, 0.25) is 15.9 Å². The third-order valence-electron chi connectivity index (χ3n) is 3.75. The molecular weight excluding hydrogens is 324 g/mol. The summed E-state index contributed by atoms with van der Waals surface area (Å²) in [6, 6.07) is 3.04. The van der Waals surface area contributed by atoms with E-state index in [0.29, 0.717) is 23.7 Å². The Morgan fingerprint density at radius 2 is 1.77 bits per heavy atom. The number of amides is 1. The zero-order valence-corrected chi connectivity index (χ0v) is 14.4. The molecule has 1 heterocycles. The van der Waals surface area contributed by atoms with E-state index in [4.69, 9.17) is 11.6 Å². The van der Waals surface area contributed by atoms with Crippen LogP contribution in [0.1, 0.15) is 38.2 Å². The molecule has 22 heavy (non-hydrogen) atoms. The zero-order valence-electron chi connectivity index (χ0n) is 12.9. The molecule has 0 unspecified atom stereocenters. The number of halogens is 1. The minimum atomic E-state index is -3.64. The smallest absolute Gasteiger partial charge is 0.245 e. The van der Waals surface area contributed by atoms with Gasteiger partial charge < -0.3 is 5.32 Å². The molecular formula is C15H21ClN2O3S. The zero-order chi connectivity index (χ0) is 16.3. The molecule has 0 bridgehead atoms. The van der Waals surface area contributed by atoms with Gasteiger partial charge in [0.05, 0.1) is 5.69 Å². The second kappa shape index (κ2) is 6.98. The Morgan fingerprint density at radius 3 is 2.32 bits per heavy atom. The summed E-state index contributed by atoms with van der Waals surface area (Å²) >= 11 is 6.07. The fourth-order valence-corrected chi connectivity index (χ4v) is 4.47. The summed E-state index contributed by atoms with van der Waals surface area (Å²) in [4.78, 5) is 11.5. The maximum absolute atomic E-state index is 12.9. The van der Waals surface area contributed by atoms with E-state index in [9.17, 15) is 13.2 Å². The van der Waals surface area contributed by atoms with Crippen LogP contribution in [-0.2, 0) is 14.8 Å². The number of carbonyl (C=O) groups excluding carboxylic acids is 1. The van der Waals surface area contributed by atoms with E-state index in [-0.39, 0.29) is 16.5 Å². The van der Waals surface area contributed by atoms with E-state index in [1.807, 2.05) is 0 Å². The SMILES string of the molecule is CC(=O)Nc1cc(Cl)c(C)cc1S(=O)(=O)N1CCCCCC1. The Labute approximate surface area is 136 Å². The molecule has 0 spiro atoms. The number of sulfonamides is 1. The van der Waals surface area contributed by atoms with Crippen LogP contribution < -0.4 is 5.32 Å². The van der Waals surface area contributed by atoms with Crippen molar-refractivity contribution in [2.24, 2.45) is 0 Å². The first-order valence-electron chi connectivity index (χ1n) is 7.40. The van der Waals surface area contributed by atoms with Crippen molar-refractivity contribution in [3.8, 4) is 0 Å². The van der Waals surface area contributed by atoms with Crippen molar-refractivity contribution in [2.75, 3.05) is 18.4 Å². The lowest BCUT2D eigenvalue weighted by Gasteiger charge is -2.22. The first kappa shape index (κ1) is 17.2. The summed E-state index contributed by atoms with van der Waals surface area (Å²) in [5.74, 6) is -0.327. The van der Waals surface area contributed by atoms with Crippen LogP contribution in [0.2, 0.25) is 5.02 Å². The number of nitrogens with one attached hydrogen (secondary N) is 1. The van der Waals surface area contributed by atoms with E-state index in [1.165, 1.54) is 23.4 Å². The summed E-state index contributed by atoms with van der Waals surface area (Å²) in [7, 11) is -3.64. The van der Waals surface area contributed by atoms with Gasteiger partial charge in [-0.25, -0.2) is 8.42 Å². The van der Waals surface area contributed by atoms with Gasteiger partial charge in [0.15, 0.2) is 0 Å². The number of anilines is 1. The van der Waals surface area contributed by atoms with Gasteiger partial charge in [-0.1, -0.05) is 24.4 Å².